The number of anilines is 1. The zero-order valence-electron chi connectivity index (χ0n) is 17.3. The number of hydrogen-bond acceptors (Lipinski definition) is 3. The Morgan fingerprint density at radius 3 is 2.18 bits per heavy atom. The molecule has 3 saturated heterocycles. The summed E-state index contributed by atoms with van der Waals surface area (Å²) in [6.07, 6.45) is 7.28. The van der Waals surface area contributed by atoms with Crippen molar-refractivity contribution in [3.63, 3.8) is 0 Å². The summed E-state index contributed by atoms with van der Waals surface area (Å²) in [6.45, 7) is 7.83. The predicted molar refractivity (Wildman–Crippen MR) is 112 cm³/mol. The summed E-state index contributed by atoms with van der Waals surface area (Å²) in [5.41, 5.74) is 1.29. The maximum absolute atomic E-state index is 13.4. The Bertz CT molecular complexity index is 724. The molecule has 1 aromatic rings. The molecule has 0 aromatic heterocycles. The monoisotopic (exact) mass is 383 g/mol. The molecule has 0 bridgehead atoms. The molecule has 0 radical (unpaired) electrons. The summed E-state index contributed by atoms with van der Waals surface area (Å²) in [5, 5.41) is 0. The van der Waals surface area contributed by atoms with Gasteiger partial charge in [-0.25, -0.2) is 0 Å². The normalized spacial score (nSPS) is 25.8. The molecule has 0 N–H and O–H groups in total. The summed E-state index contributed by atoms with van der Waals surface area (Å²) < 4.78 is 0. The van der Waals surface area contributed by atoms with Crippen LogP contribution in [0.3, 0.4) is 0 Å². The van der Waals surface area contributed by atoms with E-state index in [-0.39, 0.29) is 17.9 Å². The van der Waals surface area contributed by atoms with Gasteiger partial charge in [0.2, 0.25) is 5.91 Å². The van der Waals surface area contributed by atoms with Crippen molar-refractivity contribution in [1.29, 1.82) is 0 Å². The van der Waals surface area contributed by atoms with Gasteiger partial charge in [-0.15, -0.1) is 0 Å². The molecule has 5 heteroatoms. The fraction of sp³-hybridized carbons (Fsp3) is 0.652. The van der Waals surface area contributed by atoms with Gasteiger partial charge in [0, 0.05) is 43.5 Å². The van der Waals surface area contributed by atoms with Gasteiger partial charge in [-0.1, -0.05) is 0 Å². The average molecular weight is 384 g/mol. The third kappa shape index (κ3) is 3.29. The number of carbonyl (C=O) groups excluding carboxylic acids is 2. The van der Waals surface area contributed by atoms with E-state index in [0.717, 1.165) is 45.3 Å². The zero-order valence-corrected chi connectivity index (χ0v) is 17.3. The molecule has 5 nitrogen and oxygen atoms in total. The second kappa shape index (κ2) is 7.76. The van der Waals surface area contributed by atoms with E-state index in [0.29, 0.717) is 12.1 Å². The summed E-state index contributed by atoms with van der Waals surface area (Å²) >= 11 is 0. The fourth-order valence-electron chi connectivity index (χ4n) is 5.29. The van der Waals surface area contributed by atoms with Crippen molar-refractivity contribution in [2.75, 3.05) is 31.1 Å². The molecule has 0 saturated carbocycles. The van der Waals surface area contributed by atoms with E-state index in [9.17, 15) is 9.59 Å². The first kappa shape index (κ1) is 19.3. The van der Waals surface area contributed by atoms with Crippen molar-refractivity contribution in [2.24, 2.45) is 0 Å². The highest BCUT2D eigenvalue weighted by molar-refractivity contribution is 6.00. The molecule has 152 valence electrons. The number of nitrogens with zero attached hydrogens (tertiary/aromatic N) is 3. The number of rotatable bonds is 3. The van der Waals surface area contributed by atoms with Crippen molar-refractivity contribution in [3.05, 3.63) is 29.8 Å². The summed E-state index contributed by atoms with van der Waals surface area (Å²) in [7, 11) is 0. The fourth-order valence-corrected chi connectivity index (χ4v) is 5.29. The first-order valence-electron chi connectivity index (χ1n) is 11.0. The third-order valence-electron chi connectivity index (χ3n) is 6.84. The number of amides is 2. The topological polar surface area (TPSA) is 43.9 Å². The second-order valence-corrected chi connectivity index (χ2v) is 8.88. The van der Waals surface area contributed by atoms with E-state index in [1.165, 1.54) is 24.9 Å². The van der Waals surface area contributed by atoms with Gasteiger partial charge in [-0.2, -0.15) is 0 Å². The number of benzene rings is 1. The van der Waals surface area contributed by atoms with E-state index in [2.05, 4.69) is 30.9 Å². The van der Waals surface area contributed by atoms with Gasteiger partial charge < -0.3 is 14.7 Å². The Balaban J connectivity index is 1.54. The van der Waals surface area contributed by atoms with Crippen molar-refractivity contribution in [2.45, 2.75) is 70.4 Å². The molecule has 3 fully saturated rings. The van der Waals surface area contributed by atoms with Crippen LogP contribution < -0.4 is 4.90 Å². The van der Waals surface area contributed by atoms with Gasteiger partial charge >= 0.3 is 0 Å². The molecule has 1 spiro atoms. The van der Waals surface area contributed by atoms with Crippen LogP contribution in [0.2, 0.25) is 0 Å². The van der Waals surface area contributed by atoms with E-state index in [1.54, 1.807) is 0 Å². The molecule has 1 atom stereocenters. The molecule has 28 heavy (non-hydrogen) atoms. The van der Waals surface area contributed by atoms with Gasteiger partial charge in [0.05, 0.1) is 0 Å². The van der Waals surface area contributed by atoms with Gasteiger partial charge in [-0.3, -0.25) is 9.59 Å². The lowest BCUT2D eigenvalue weighted by Gasteiger charge is -2.46. The Morgan fingerprint density at radius 1 is 0.893 bits per heavy atom. The summed E-state index contributed by atoms with van der Waals surface area (Å²) in [4.78, 5) is 33.0. The Morgan fingerprint density at radius 2 is 1.54 bits per heavy atom. The molecular weight excluding hydrogens is 350 g/mol. The van der Waals surface area contributed by atoms with Gasteiger partial charge in [-0.05, 0) is 83.1 Å². The van der Waals surface area contributed by atoms with E-state index >= 15 is 0 Å². The maximum Gasteiger partial charge on any atom is 0.254 e. The highest BCUT2D eigenvalue weighted by Crippen LogP contribution is 2.39. The first-order valence-corrected chi connectivity index (χ1v) is 11.0. The van der Waals surface area contributed by atoms with Crippen molar-refractivity contribution < 1.29 is 9.59 Å². The molecule has 3 aliphatic heterocycles. The molecular formula is C23H33N3O2. The molecule has 3 aliphatic rings. The quantitative estimate of drug-likeness (QED) is 0.800. The van der Waals surface area contributed by atoms with Crippen molar-refractivity contribution in [3.8, 4) is 0 Å². The Hall–Kier alpha value is -2.04. The number of carbonyl (C=O) groups is 2. The van der Waals surface area contributed by atoms with Crippen LogP contribution in [0.25, 0.3) is 0 Å². The van der Waals surface area contributed by atoms with Crippen LogP contribution in [-0.4, -0.2) is 59.4 Å². The lowest BCUT2D eigenvalue weighted by Crippen LogP contribution is -2.62. The van der Waals surface area contributed by atoms with Crippen molar-refractivity contribution >= 4 is 17.5 Å². The minimum atomic E-state index is -0.620. The first-order chi connectivity index (χ1) is 13.5. The van der Waals surface area contributed by atoms with Crippen LogP contribution in [0.1, 0.15) is 69.2 Å². The smallest absolute Gasteiger partial charge is 0.254 e. The maximum atomic E-state index is 13.4. The van der Waals surface area contributed by atoms with Crippen LogP contribution in [-0.2, 0) is 4.79 Å². The van der Waals surface area contributed by atoms with Crippen LogP contribution in [0, 0.1) is 0 Å². The van der Waals surface area contributed by atoms with Crippen LogP contribution >= 0.6 is 0 Å². The summed E-state index contributed by atoms with van der Waals surface area (Å²) in [6, 6.07) is 8.23. The minimum Gasteiger partial charge on any atom is -0.372 e. The predicted octanol–water partition coefficient (Wildman–Crippen LogP) is 3.68. The van der Waals surface area contributed by atoms with E-state index < -0.39 is 5.54 Å². The molecule has 2 amide bonds. The highest BCUT2D eigenvalue weighted by Gasteiger charge is 2.53. The molecule has 4 rings (SSSR count). The van der Waals surface area contributed by atoms with E-state index in [1.807, 2.05) is 21.9 Å². The Labute approximate surface area is 168 Å². The van der Waals surface area contributed by atoms with Crippen LogP contribution in [0.15, 0.2) is 24.3 Å². The minimum absolute atomic E-state index is 0.0154. The molecule has 0 aliphatic carbocycles. The zero-order chi connectivity index (χ0) is 19.7. The third-order valence-corrected chi connectivity index (χ3v) is 6.84. The number of hydrogen-bond donors (Lipinski definition) is 0. The SMILES string of the molecule is CC(C)N1CCCC2(CCCN2C(=O)c2ccc(N3CCCCC3)cc2)C1=O. The largest absolute Gasteiger partial charge is 0.372 e. The number of likely N-dealkylation sites (tertiary alicyclic amines) is 2. The van der Waals surface area contributed by atoms with Gasteiger partial charge in [0.25, 0.3) is 5.91 Å². The lowest BCUT2D eigenvalue weighted by atomic mass is 9.84. The summed E-state index contributed by atoms with van der Waals surface area (Å²) in [5.74, 6) is 0.172. The molecule has 1 unspecified atom stereocenters. The highest BCUT2D eigenvalue weighted by atomic mass is 16.2. The van der Waals surface area contributed by atoms with Gasteiger partial charge in [0.15, 0.2) is 0 Å². The molecule has 3 heterocycles. The second-order valence-electron chi connectivity index (χ2n) is 8.88. The van der Waals surface area contributed by atoms with Crippen LogP contribution in [0.4, 0.5) is 5.69 Å². The average Bonchev–Trinajstić information content (AvgIpc) is 3.14. The number of piperidine rings is 2. The van der Waals surface area contributed by atoms with Crippen LogP contribution in [0.5, 0.6) is 0 Å². The van der Waals surface area contributed by atoms with E-state index in [4.69, 9.17) is 0 Å². The lowest BCUT2D eigenvalue weighted by molar-refractivity contribution is -0.147. The van der Waals surface area contributed by atoms with Gasteiger partial charge in [0.1, 0.15) is 5.54 Å². The standard InChI is InChI=1S/C23H33N3O2/c1-18(2)25-16-6-12-23(22(25)28)13-7-17-26(23)21(27)19-8-10-20(11-9-19)24-14-4-3-5-15-24/h8-11,18H,3-7,12-17H2,1-2H3. The van der Waals surface area contributed by atoms with Crippen molar-refractivity contribution in [1.82, 2.24) is 9.80 Å². The Kier molecular flexibility index (Phi) is 5.35. The molecule has 1 aromatic carbocycles.